The minimum Gasteiger partial charge on any atom is -0.492 e. The Bertz CT molecular complexity index is 1270. The van der Waals surface area contributed by atoms with Crippen molar-refractivity contribution < 1.29 is 31.5 Å². The molecule has 0 spiro atoms. The maximum atomic E-state index is 13.3. The van der Waals surface area contributed by atoms with E-state index in [2.05, 4.69) is 11.0 Å². The second-order valence-electron chi connectivity index (χ2n) is 9.27. The molecule has 6 rings (SSSR count). The number of benzene rings is 2. The summed E-state index contributed by atoms with van der Waals surface area (Å²) in [4.78, 5) is 2.43. The zero-order chi connectivity index (χ0) is 23.7. The van der Waals surface area contributed by atoms with E-state index in [0.29, 0.717) is 30.3 Å². The Morgan fingerprint density at radius 1 is 1.15 bits per heavy atom. The first-order valence-corrected chi connectivity index (χ1v) is 12.7. The summed E-state index contributed by atoms with van der Waals surface area (Å²) in [6.07, 6.45) is 4.15. The highest BCUT2D eigenvalue weighted by molar-refractivity contribution is 7.86. The molecule has 0 amide bonds. The van der Waals surface area contributed by atoms with Gasteiger partial charge >= 0.3 is 0 Å². The van der Waals surface area contributed by atoms with E-state index in [4.69, 9.17) is 23.1 Å². The smallest absolute Gasteiger partial charge is 0.297 e. The van der Waals surface area contributed by atoms with Crippen LogP contribution in [0.25, 0.3) is 0 Å². The van der Waals surface area contributed by atoms with Crippen LogP contribution in [0.15, 0.2) is 47.4 Å². The van der Waals surface area contributed by atoms with Gasteiger partial charge in [-0.15, -0.1) is 0 Å². The molecule has 2 bridgehead atoms. The molecule has 2 aromatic carbocycles. The molecule has 1 saturated heterocycles. The van der Waals surface area contributed by atoms with Crippen LogP contribution in [0.5, 0.6) is 17.2 Å². The van der Waals surface area contributed by atoms with Gasteiger partial charge in [0.25, 0.3) is 10.1 Å². The molecule has 1 aliphatic carbocycles. The molecule has 0 saturated carbocycles. The lowest BCUT2D eigenvalue weighted by atomic mass is 9.65. The fourth-order valence-electron chi connectivity index (χ4n) is 5.96. The summed E-state index contributed by atoms with van der Waals surface area (Å²) >= 11 is 0. The van der Waals surface area contributed by atoms with Crippen LogP contribution in [0.4, 0.5) is 0 Å². The third-order valence-corrected chi connectivity index (χ3v) is 8.91. The number of aryl methyl sites for hydroxylation is 1. The molecule has 0 radical (unpaired) electrons. The van der Waals surface area contributed by atoms with Crippen molar-refractivity contribution in [2.45, 2.75) is 48.4 Å². The van der Waals surface area contributed by atoms with Crippen molar-refractivity contribution in [3.63, 3.8) is 0 Å². The summed E-state index contributed by atoms with van der Waals surface area (Å²) < 4.78 is 55.6. The van der Waals surface area contributed by atoms with Gasteiger partial charge in [-0.3, -0.25) is 9.08 Å². The molecule has 180 valence electrons. The highest BCUT2D eigenvalue weighted by atomic mass is 32.2. The molecule has 4 aliphatic rings. The maximum Gasteiger partial charge on any atom is 0.297 e. The molecule has 0 aromatic heterocycles. The summed E-state index contributed by atoms with van der Waals surface area (Å²) in [5.74, 6) is 1.83. The third kappa shape index (κ3) is 3.04. The number of hydrogen-bond donors (Lipinski definition) is 0. The van der Waals surface area contributed by atoms with E-state index < -0.39 is 21.6 Å². The monoisotopic (exact) mass is 485 g/mol. The van der Waals surface area contributed by atoms with Gasteiger partial charge in [0.1, 0.15) is 6.10 Å². The van der Waals surface area contributed by atoms with Gasteiger partial charge in [0.05, 0.1) is 23.5 Å². The van der Waals surface area contributed by atoms with Gasteiger partial charge in [0.2, 0.25) is 12.5 Å². The van der Waals surface area contributed by atoms with Gasteiger partial charge < -0.3 is 18.9 Å². The number of nitrogens with zero attached hydrogens (tertiary/aromatic N) is 1. The van der Waals surface area contributed by atoms with E-state index in [1.54, 1.807) is 38.5 Å². The second kappa shape index (κ2) is 7.71. The van der Waals surface area contributed by atoms with Gasteiger partial charge in [0, 0.05) is 31.8 Å². The van der Waals surface area contributed by atoms with Gasteiger partial charge in [0.15, 0.2) is 11.5 Å². The van der Waals surface area contributed by atoms with Gasteiger partial charge in [-0.05, 0) is 37.1 Å². The second-order valence-corrected chi connectivity index (χ2v) is 10.8. The average molecular weight is 486 g/mol. The molecule has 3 aliphatic heterocycles. The summed E-state index contributed by atoms with van der Waals surface area (Å²) in [5.41, 5.74) is 2.22. The number of rotatable bonds is 5. The van der Waals surface area contributed by atoms with Crippen LogP contribution >= 0.6 is 0 Å². The molecule has 8 nitrogen and oxygen atoms in total. The van der Waals surface area contributed by atoms with Crippen LogP contribution < -0.4 is 14.2 Å². The van der Waals surface area contributed by atoms with Crippen LogP contribution in [0.3, 0.4) is 0 Å². The van der Waals surface area contributed by atoms with E-state index in [9.17, 15) is 8.42 Å². The van der Waals surface area contributed by atoms with E-state index in [0.717, 1.165) is 23.1 Å². The molecule has 1 fully saturated rings. The highest BCUT2D eigenvalue weighted by Crippen LogP contribution is 2.58. The normalized spacial score (nSPS) is 30.7. The van der Waals surface area contributed by atoms with Crippen LogP contribution in [0, 0.1) is 6.92 Å². The number of fused-ring (bicyclic) bond motifs is 2. The molecular weight excluding hydrogens is 458 g/mol. The number of methoxy groups -OCH3 is 2. The van der Waals surface area contributed by atoms with E-state index >= 15 is 0 Å². The van der Waals surface area contributed by atoms with Crippen molar-refractivity contribution >= 4 is 10.1 Å². The lowest BCUT2D eigenvalue weighted by Crippen LogP contribution is -2.53. The van der Waals surface area contributed by atoms with E-state index in [1.807, 2.05) is 19.1 Å². The Morgan fingerprint density at radius 2 is 1.94 bits per heavy atom. The van der Waals surface area contributed by atoms with E-state index in [-0.39, 0.29) is 23.8 Å². The van der Waals surface area contributed by atoms with Crippen molar-refractivity contribution in [1.82, 2.24) is 4.90 Å². The van der Waals surface area contributed by atoms with Crippen molar-refractivity contribution in [2.24, 2.45) is 0 Å². The van der Waals surface area contributed by atoms with Crippen molar-refractivity contribution in [3.8, 4) is 17.2 Å². The van der Waals surface area contributed by atoms with Gasteiger partial charge in [-0.2, -0.15) is 8.42 Å². The highest BCUT2D eigenvalue weighted by Gasteiger charge is 2.61. The quantitative estimate of drug-likeness (QED) is 0.472. The Labute approximate surface area is 199 Å². The zero-order valence-electron chi connectivity index (χ0n) is 19.3. The van der Waals surface area contributed by atoms with Crippen molar-refractivity contribution in [2.75, 3.05) is 27.6 Å². The standard InChI is InChI=1S/C25H27NO7S/c1-15-4-6-17(7-5-15)34(27,28)33-22-13-26-12-18-19(11-20-24(23(18)30-3)32-14-31-20)25(22)9-8-16(29-2)10-21(25)26/h4-9,11,16,21-22H,10,12-14H2,1-3H3. The van der Waals surface area contributed by atoms with Crippen LogP contribution in [-0.4, -0.2) is 59.1 Å². The third-order valence-electron chi connectivity index (χ3n) is 7.58. The predicted molar refractivity (Wildman–Crippen MR) is 123 cm³/mol. The molecule has 9 heteroatoms. The fraction of sp³-hybridized carbons (Fsp3) is 0.440. The molecule has 2 aromatic rings. The zero-order valence-corrected chi connectivity index (χ0v) is 20.1. The Hall–Kier alpha value is -2.59. The number of hydrogen-bond acceptors (Lipinski definition) is 8. The van der Waals surface area contributed by atoms with Crippen LogP contribution in [0.1, 0.15) is 23.1 Å². The maximum absolute atomic E-state index is 13.3. The molecule has 5 atom stereocenters. The Kier molecular flexibility index (Phi) is 4.97. The SMILES string of the molecule is COc1c2c(cc3c1OCO3)C13C=CC(OC)CC1N(C2)CC3OS(=O)(=O)c1ccc(C)cc1. The molecule has 34 heavy (non-hydrogen) atoms. The molecular formula is C25H27NO7S. The van der Waals surface area contributed by atoms with E-state index in [1.165, 1.54) is 0 Å². The van der Waals surface area contributed by atoms with Crippen molar-refractivity contribution in [3.05, 3.63) is 59.2 Å². The molecule has 5 unspecified atom stereocenters. The van der Waals surface area contributed by atoms with Crippen molar-refractivity contribution in [1.29, 1.82) is 0 Å². The first-order chi connectivity index (χ1) is 16.4. The van der Waals surface area contributed by atoms with Crippen LogP contribution in [-0.2, 0) is 31.0 Å². The van der Waals surface area contributed by atoms with Gasteiger partial charge in [-0.25, -0.2) is 0 Å². The Morgan fingerprint density at radius 3 is 2.68 bits per heavy atom. The summed E-state index contributed by atoms with van der Waals surface area (Å²) in [6.45, 7) is 3.09. The van der Waals surface area contributed by atoms with Gasteiger partial charge in [-0.1, -0.05) is 29.8 Å². The van der Waals surface area contributed by atoms with Crippen LogP contribution in [0.2, 0.25) is 0 Å². The summed E-state index contributed by atoms with van der Waals surface area (Å²) in [6, 6.07) is 8.72. The molecule has 3 heterocycles. The summed E-state index contributed by atoms with van der Waals surface area (Å²) in [5, 5.41) is 0. The lowest BCUT2D eigenvalue weighted by Gasteiger charge is -2.47. The largest absolute Gasteiger partial charge is 0.492 e. The average Bonchev–Trinajstić information content (AvgIpc) is 3.38. The lowest BCUT2D eigenvalue weighted by molar-refractivity contribution is 0.0687. The summed E-state index contributed by atoms with van der Waals surface area (Å²) in [7, 11) is -0.673. The predicted octanol–water partition coefficient (Wildman–Crippen LogP) is 2.92. The first kappa shape index (κ1) is 21.9. The fourth-order valence-corrected chi connectivity index (χ4v) is 7.07. The first-order valence-electron chi connectivity index (χ1n) is 11.3. The topological polar surface area (TPSA) is 83.5 Å². The number of ether oxygens (including phenoxy) is 4. The Balaban J connectivity index is 1.50. The minimum atomic E-state index is -3.98. The molecule has 0 N–H and O–H groups in total. The minimum absolute atomic E-state index is 0.0123.